The van der Waals surface area contributed by atoms with E-state index in [9.17, 15) is 13.7 Å². The second-order valence-corrected chi connectivity index (χ2v) is 9.61. The molecule has 1 unspecified atom stereocenters. The first-order valence-corrected chi connectivity index (χ1v) is 12.4. The van der Waals surface area contributed by atoms with Gasteiger partial charge in [-0.1, -0.05) is 12.1 Å². The van der Waals surface area contributed by atoms with E-state index in [4.69, 9.17) is 0 Å². The van der Waals surface area contributed by atoms with Crippen LogP contribution in [0, 0.1) is 11.3 Å². The average Bonchev–Trinajstić information content (AvgIpc) is 3.52. The lowest BCUT2D eigenvalue weighted by Crippen LogP contribution is -2.16. The van der Waals surface area contributed by atoms with E-state index in [1.54, 1.807) is 59.8 Å². The maximum atomic E-state index is 12.7. The summed E-state index contributed by atoms with van der Waals surface area (Å²) in [6.45, 7) is 0. The Morgan fingerprint density at radius 1 is 1.14 bits per heavy atom. The Morgan fingerprint density at radius 3 is 2.83 bits per heavy atom. The van der Waals surface area contributed by atoms with Crippen LogP contribution >= 0.6 is 0 Å². The van der Waals surface area contributed by atoms with Crippen molar-refractivity contribution in [1.82, 2.24) is 29.7 Å². The van der Waals surface area contributed by atoms with Crippen LogP contribution in [0.15, 0.2) is 79.8 Å². The molecule has 1 atom stereocenters. The maximum Gasteiger partial charge on any atom is 0.236 e. The van der Waals surface area contributed by atoms with Gasteiger partial charge in [-0.15, -0.1) is 0 Å². The van der Waals surface area contributed by atoms with Gasteiger partial charge in [-0.3, -0.25) is 14.4 Å². The molecule has 11 heteroatoms. The van der Waals surface area contributed by atoms with Crippen LogP contribution in [0.3, 0.4) is 0 Å². The van der Waals surface area contributed by atoms with E-state index in [-0.39, 0.29) is 12.2 Å². The summed E-state index contributed by atoms with van der Waals surface area (Å²) in [6.07, 6.45) is 10.1. The molecule has 4 aromatic heterocycles. The van der Waals surface area contributed by atoms with Crippen LogP contribution in [0.4, 0.5) is 5.69 Å². The van der Waals surface area contributed by atoms with Gasteiger partial charge in [0.15, 0.2) is 0 Å². The Hall–Kier alpha value is -4.56. The molecular formula is C24H20N8O2S. The van der Waals surface area contributed by atoms with Crippen LogP contribution in [-0.2, 0) is 15.8 Å². The van der Waals surface area contributed by atoms with Crippen LogP contribution in [0.5, 0.6) is 0 Å². The van der Waals surface area contributed by atoms with Gasteiger partial charge in [0.25, 0.3) is 0 Å². The molecule has 0 aliphatic rings. The third kappa shape index (κ3) is 4.87. The van der Waals surface area contributed by atoms with Crippen LogP contribution < -0.4 is 4.72 Å². The lowest BCUT2D eigenvalue weighted by molar-refractivity contribution is 0.532. The largest absolute Gasteiger partial charge is 0.346 e. The summed E-state index contributed by atoms with van der Waals surface area (Å²) >= 11 is 0. The highest BCUT2D eigenvalue weighted by Gasteiger charge is 2.19. The molecule has 1 aromatic carbocycles. The highest BCUT2D eigenvalue weighted by molar-refractivity contribution is 7.91. The van der Waals surface area contributed by atoms with Crippen molar-refractivity contribution in [2.24, 2.45) is 0 Å². The molecule has 0 fully saturated rings. The van der Waals surface area contributed by atoms with E-state index < -0.39 is 16.1 Å². The second-order valence-electron chi connectivity index (χ2n) is 7.89. The van der Waals surface area contributed by atoms with E-state index in [2.05, 4.69) is 35.8 Å². The normalized spacial score (nSPS) is 12.3. The zero-order valence-corrected chi connectivity index (χ0v) is 19.2. The van der Waals surface area contributed by atoms with Crippen LogP contribution in [0.1, 0.15) is 23.6 Å². The number of aromatic nitrogens is 6. The van der Waals surface area contributed by atoms with Gasteiger partial charge in [0.05, 0.1) is 36.2 Å². The SMILES string of the molecule is N#CCC(c1cccc(NS(=O)(=O)Cc2ccncc2)c1)n1cc(-c2ncnc3[nH]ccc23)cn1. The Kier molecular flexibility index (Phi) is 5.95. The predicted molar refractivity (Wildman–Crippen MR) is 130 cm³/mol. The third-order valence-electron chi connectivity index (χ3n) is 5.48. The third-order valence-corrected chi connectivity index (χ3v) is 6.74. The minimum absolute atomic E-state index is 0.150. The quantitative estimate of drug-likeness (QED) is 0.342. The number of hydrogen-bond acceptors (Lipinski definition) is 7. The summed E-state index contributed by atoms with van der Waals surface area (Å²) in [6, 6.07) is 14.0. The fourth-order valence-corrected chi connectivity index (χ4v) is 5.10. The number of pyridine rings is 1. The Labute approximate surface area is 201 Å². The Balaban J connectivity index is 1.42. The average molecular weight is 485 g/mol. The molecule has 35 heavy (non-hydrogen) atoms. The number of nitrogens with zero attached hydrogens (tertiary/aromatic N) is 6. The van der Waals surface area contributed by atoms with E-state index in [0.29, 0.717) is 11.3 Å². The molecule has 10 nitrogen and oxygen atoms in total. The summed E-state index contributed by atoms with van der Waals surface area (Å²) in [5.41, 5.74) is 4.04. The van der Waals surface area contributed by atoms with Crippen LogP contribution in [0.2, 0.25) is 0 Å². The van der Waals surface area contributed by atoms with Crippen molar-refractivity contribution in [2.45, 2.75) is 18.2 Å². The number of aromatic amines is 1. The highest BCUT2D eigenvalue weighted by Crippen LogP contribution is 2.29. The van der Waals surface area contributed by atoms with Gasteiger partial charge in [0, 0.05) is 41.4 Å². The zero-order chi connectivity index (χ0) is 24.3. The molecule has 5 aromatic rings. The predicted octanol–water partition coefficient (Wildman–Crippen LogP) is 3.66. The lowest BCUT2D eigenvalue weighted by atomic mass is 10.0. The highest BCUT2D eigenvalue weighted by atomic mass is 32.2. The van der Waals surface area contributed by atoms with Gasteiger partial charge in [-0.2, -0.15) is 10.4 Å². The molecule has 0 bridgehead atoms. The van der Waals surface area contributed by atoms with Gasteiger partial charge in [0.2, 0.25) is 10.0 Å². The maximum absolute atomic E-state index is 12.7. The number of fused-ring (bicyclic) bond motifs is 1. The minimum Gasteiger partial charge on any atom is -0.346 e. The van der Waals surface area contributed by atoms with Crippen molar-refractivity contribution in [3.05, 3.63) is 90.9 Å². The first-order valence-electron chi connectivity index (χ1n) is 10.7. The van der Waals surface area contributed by atoms with Gasteiger partial charge in [-0.25, -0.2) is 18.4 Å². The molecule has 0 radical (unpaired) electrons. The number of anilines is 1. The van der Waals surface area contributed by atoms with Crippen molar-refractivity contribution in [2.75, 3.05) is 4.72 Å². The fourth-order valence-electron chi connectivity index (χ4n) is 3.91. The molecule has 0 saturated heterocycles. The number of nitrogens with one attached hydrogen (secondary N) is 2. The summed E-state index contributed by atoms with van der Waals surface area (Å²) in [4.78, 5) is 15.6. The topological polar surface area (TPSA) is 142 Å². The summed E-state index contributed by atoms with van der Waals surface area (Å²) in [7, 11) is -3.64. The van der Waals surface area contributed by atoms with E-state index in [1.165, 1.54) is 6.33 Å². The Morgan fingerprint density at radius 2 is 2.00 bits per heavy atom. The number of hydrogen-bond donors (Lipinski definition) is 2. The molecule has 5 rings (SSSR count). The minimum atomic E-state index is -3.64. The number of rotatable bonds is 8. The summed E-state index contributed by atoms with van der Waals surface area (Å²) in [5, 5.41) is 14.8. The van der Waals surface area contributed by atoms with E-state index >= 15 is 0 Å². The number of benzene rings is 1. The van der Waals surface area contributed by atoms with Crippen molar-refractivity contribution in [3.8, 4) is 17.3 Å². The lowest BCUT2D eigenvalue weighted by Gasteiger charge is -2.16. The number of sulfonamides is 1. The molecule has 0 amide bonds. The Bertz CT molecular complexity index is 1620. The summed E-state index contributed by atoms with van der Waals surface area (Å²) in [5.74, 6) is -0.170. The summed E-state index contributed by atoms with van der Waals surface area (Å²) < 4.78 is 29.7. The monoisotopic (exact) mass is 484 g/mol. The number of H-pyrrole nitrogens is 1. The molecule has 0 spiro atoms. The van der Waals surface area contributed by atoms with E-state index in [0.717, 1.165) is 27.9 Å². The molecule has 2 N–H and O–H groups in total. The van der Waals surface area contributed by atoms with Crippen molar-refractivity contribution in [3.63, 3.8) is 0 Å². The van der Waals surface area contributed by atoms with Gasteiger partial charge in [-0.05, 0) is 41.5 Å². The van der Waals surface area contributed by atoms with Crippen molar-refractivity contribution < 1.29 is 8.42 Å². The first-order chi connectivity index (χ1) is 17.0. The van der Waals surface area contributed by atoms with Gasteiger partial charge >= 0.3 is 0 Å². The number of nitriles is 1. The molecular weight excluding hydrogens is 464 g/mol. The standard InChI is InChI=1S/C24H20N8O2S/c25-8-4-22(32-14-19(13-30-32)23-21-7-11-27-24(21)29-16-28-23)18-2-1-3-20(12-18)31-35(33,34)15-17-5-9-26-10-6-17/h1-3,5-7,9-14,16,22,31H,4,15H2,(H,27,28,29). The molecule has 0 aliphatic heterocycles. The van der Waals surface area contributed by atoms with Crippen LogP contribution in [-0.4, -0.2) is 38.1 Å². The molecule has 0 aliphatic carbocycles. The van der Waals surface area contributed by atoms with Crippen LogP contribution in [0.25, 0.3) is 22.3 Å². The van der Waals surface area contributed by atoms with Gasteiger partial charge < -0.3 is 4.98 Å². The molecule has 4 heterocycles. The van der Waals surface area contributed by atoms with Crippen molar-refractivity contribution >= 4 is 26.7 Å². The fraction of sp³-hybridized carbons (Fsp3) is 0.125. The smallest absolute Gasteiger partial charge is 0.236 e. The van der Waals surface area contributed by atoms with Gasteiger partial charge in [0.1, 0.15) is 12.0 Å². The molecule has 0 saturated carbocycles. The second kappa shape index (κ2) is 9.36. The first kappa shape index (κ1) is 22.2. The van der Waals surface area contributed by atoms with Crippen molar-refractivity contribution in [1.29, 1.82) is 5.26 Å². The molecule has 174 valence electrons. The van der Waals surface area contributed by atoms with E-state index in [1.807, 2.05) is 18.3 Å². The zero-order valence-electron chi connectivity index (χ0n) is 18.4.